The SMILES string of the molecule is COc1ccc(CN=[N+]=N)cc1OCc1ccccc1. The van der Waals surface area contributed by atoms with Gasteiger partial charge in [-0.2, -0.15) is 0 Å². The molecule has 0 unspecified atom stereocenters. The Morgan fingerprint density at radius 3 is 2.55 bits per heavy atom. The Hall–Kier alpha value is -2.65. The first-order chi connectivity index (χ1) is 9.83. The van der Waals surface area contributed by atoms with Crippen LogP contribution in [0.2, 0.25) is 0 Å². The molecule has 0 aliphatic heterocycles. The highest BCUT2D eigenvalue weighted by atomic mass is 16.5. The van der Waals surface area contributed by atoms with Gasteiger partial charge in [-0.05, 0) is 23.3 Å². The molecule has 0 bridgehead atoms. The van der Waals surface area contributed by atoms with Gasteiger partial charge < -0.3 is 9.47 Å². The predicted molar refractivity (Wildman–Crippen MR) is 74.8 cm³/mol. The highest BCUT2D eigenvalue weighted by Crippen LogP contribution is 2.29. The van der Waals surface area contributed by atoms with E-state index in [1.54, 1.807) is 7.11 Å². The van der Waals surface area contributed by atoms with Gasteiger partial charge in [0, 0.05) is 0 Å². The fraction of sp³-hybridized carbons (Fsp3) is 0.200. The lowest BCUT2D eigenvalue weighted by molar-refractivity contribution is 0.284. The summed E-state index contributed by atoms with van der Waals surface area (Å²) < 4.78 is 11.1. The topological polar surface area (TPSA) is 68.8 Å². The van der Waals surface area contributed by atoms with Crippen LogP contribution in [0.3, 0.4) is 0 Å². The molecule has 102 valence electrons. The zero-order valence-corrected chi connectivity index (χ0v) is 11.2. The van der Waals surface area contributed by atoms with E-state index in [2.05, 4.69) is 10.0 Å². The second kappa shape index (κ2) is 7.07. The van der Waals surface area contributed by atoms with Gasteiger partial charge in [0.2, 0.25) is 4.91 Å². The zero-order valence-electron chi connectivity index (χ0n) is 11.2. The van der Waals surface area contributed by atoms with Crippen LogP contribution in [0.15, 0.2) is 53.6 Å². The maximum absolute atomic E-state index is 6.68. The van der Waals surface area contributed by atoms with Gasteiger partial charge in [-0.15, -0.1) is 0 Å². The third-order valence-corrected chi connectivity index (χ3v) is 2.79. The van der Waals surface area contributed by atoms with Crippen LogP contribution in [-0.2, 0) is 13.2 Å². The Bertz CT molecular complexity index is 608. The van der Waals surface area contributed by atoms with Crippen molar-refractivity contribution >= 4 is 0 Å². The van der Waals surface area contributed by atoms with Crippen molar-refractivity contribution in [2.24, 2.45) is 5.11 Å². The molecule has 2 rings (SSSR count). The molecular formula is C15H16N3O2+. The molecule has 2 aromatic rings. The highest BCUT2D eigenvalue weighted by molar-refractivity contribution is 5.43. The minimum atomic E-state index is 0.356. The van der Waals surface area contributed by atoms with Crippen LogP contribution in [0, 0.1) is 5.53 Å². The summed E-state index contributed by atoms with van der Waals surface area (Å²) in [5.41, 5.74) is 8.69. The quantitative estimate of drug-likeness (QED) is 0.646. The van der Waals surface area contributed by atoms with Crippen molar-refractivity contribution in [3.8, 4) is 11.5 Å². The molecule has 1 N–H and O–H groups in total. The van der Waals surface area contributed by atoms with E-state index in [1.807, 2.05) is 48.5 Å². The molecule has 5 nitrogen and oxygen atoms in total. The van der Waals surface area contributed by atoms with E-state index in [1.165, 1.54) is 0 Å². The third kappa shape index (κ3) is 3.67. The van der Waals surface area contributed by atoms with Crippen molar-refractivity contribution in [3.63, 3.8) is 0 Å². The van der Waals surface area contributed by atoms with E-state index in [0.29, 0.717) is 24.7 Å². The van der Waals surface area contributed by atoms with Crippen molar-refractivity contribution in [1.29, 1.82) is 5.53 Å². The average molecular weight is 270 g/mol. The molecule has 0 amide bonds. The number of ether oxygens (including phenoxy) is 2. The summed E-state index contributed by atoms with van der Waals surface area (Å²) in [7, 11) is 1.61. The van der Waals surface area contributed by atoms with Crippen LogP contribution < -0.4 is 14.4 Å². The molecule has 2 aromatic carbocycles. The third-order valence-electron chi connectivity index (χ3n) is 2.79. The summed E-state index contributed by atoms with van der Waals surface area (Å²) in [5.74, 6) is 1.33. The fourth-order valence-corrected chi connectivity index (χ4v) is 1.78. The first-order valence-electron chi connectivity index (χ1n) is 6.20. The largest absolute Gasteiger partial charge is 0.493 e. The van der Waals surface area contributed by atoms with Gasteiger partial charge in [0.15, 0.2) is 11.5 Å². The Morgan fingerprint density at radius 2 is 1.85 bits per heavy atom. The molecule has 20 heavy (non-hydrogen) atoms. The van der Waals surface area contributed by atoms with Gasteiger partial charge in [-0.25, -0.2) is 0 Å². The number of nitrogens with one attached hydrogen (secondary N) is 1. The van der Waals surface area contributed by atoms with Crippen molar-refractivity contribution in [3.05, 3.63) is 59.7 Å². The molecule has 5 heteroatoms. The smallest absolute Gasteiger partial charge is 0.214 e. The number of hydrogen-bond donors (Lipinski definition) is 1. The maximum Gasteiger partial charge on any atom is 0.214 e. The van der Waals surface area contributed by atoms with Crippen LogP contribution in [0.1, 0.15) is 11.1 Å². The van der Waals surface area contributed by atoms with Crippen LogP contribution in [0.25, 0.3) is 0 Å². The van der Waals surface area contributed by atoms with E-state index in [-0.39, 0.29) is 0 Å². The Labute approximate surface area is 117 Å². The number of nitrogens with zero attached hydrogens (tertiary/aromatic N) is 2. The van der Waals surface area contributed by atoms with Gasteiger partial charge in [0.25, 0.3) is 0 Å². The summed E-state index contributed by atoms with van der Waals surface area (Å²) in [6.45, 7) is 0.829. The molecule has 0 saturated carbocycles. The van der Waals surface area contributed by atoms with Gasteiger partial charge in [0.1, 0.15) is 23.8 Å². The van der Waals surface area contributed by atoms with Crippen LogP contribution >= 0.6 is 0 Å². The molecule has 0 spiro atoms. The summed E-state index contributed by atoms with van der Waals surface area (Å²) >= 11 is 0. The van der Waals surface area contributed by atoms with Crippen molar-refractivity contribution in [1.82, 2.24) is 4.91 Å². The number of rotatable bonds is 6. The van der Waals surface area contributed by atoms with Crippen molar-refractivity contribution < 1.29 is 9.47 Å². The minimum absolute atomic E-state index is 0.356. The second-order valence-electron chi connectivity index (χ2n) is 4.16. The molecule has 0 radical (unpaired) electrons. The van der Waals surface area contributed by atoms with E-state index >= 15 is 0 Å². The number of hydrogen-bond acceptors (Lipinski definition) is 4. The zero-order chi connectivity index (χ0) is 14.2. The Morgan fingerprint density at radius 1 is 1.05 bits per heavy atom. The molecule has 0 atom stereocenters. The molecule has 0 aliphatic carbocycles. The normalized spacial score (nSPS) is 9.65. The lowest BCUT2D eigenvalue weighted by Crippen LogP contribution is -1.98. The summed E-state index contributed by atoms with van der Waals surface area (Å²) in [6.07, 6.45) is 0. The Kier molecular flexibility index (Phi) is 4.87. The van der Waals surface area contributed by atoms with E-state index in [0.717, 1.165) is 11.1 Å². The lowest BCUT2D eigenvalue weighted by atomic mass is 10.2. The first kappa shape index (κ1) is 13.8. The van der Waals surface area contributed by atoms with Gasteiger partial charge >= 0.3 is 0 Å². The molecular weight excluding hydrogens is 254 g/mol. The maximum atomic E-state index is 6.68. The van der Waals surface area contributed by atoms with Gasteiger partial charge in [0.05, 0.1) is 7.11 Å². The fourth-order valence-electron chi connectivity index (χ4n) is 1.78. The highest BCUT2D eigenvalue weighted by Gasteiger charge is 2.07. The van der Waals surface area contributed by atoms with Gasteiger partial charge in [-0.1, -0.05) is 36.4 Å². The predicted octanol–water partition coefficient (Wildman–Crippen LogP) is 3.32. The summed E-state index contributed by atoms with van der Waals surface area (Å²) in [4.78, 5) is 3.00. The molecule has 0 aromatic heterocycles. The number of benzene rings is 2. The van der Waals surface area contributed by atoms with Crippen molar-refractivity contribution in [2.45, 2.75) is 13.2 Å². The van der Waals surface area contributed by atoms with Gasteiger partial charge in [-0.3, -0.25) is 0 Å². The average Bonchev–Trinajstić information content (AvgIpc) is 2.52. The summed E-state index contributed by atoms with van der Waals surface area (Å²) in [6, 6.07) is 15.5. The molecule has 0 saturated heterocycles. The Balaban J connectivity index is 2.13. The van der Waals surface area contributed by atoms with Crippen LogP contribution in [0.5, 0.6) is 11.5 Å². The molecule has 0 heterocycles. The summed E-state index contributed by atoms with van der Waals surface area (Å²) in [5, 5.41) is 3.65. The van der Waals surface area contributed by atoms with Crippen LogP contribution in [-0.4, -0.2) is 7.11 Å². The van der Waals surface area contributed by atoms with Crippen molar-refractivity contribution in [2.75, 3.05) is 7.11 Å². The molecule has 0 fully saturated rings. The first-order valence-corrected chi connectivity index (χ1v) is 6.20. The van der Waals surface area contributed by atoms with E-state index in [4.69, 9.17) is 15.0 Å². The standard InChI is InChI=1S/C15H16N3O2/c1-19-14-8-7-13(10-17-18-16)9-15(14)20-11-12-5-3-2-4-6-12/h2-9,16H,10-11H2,1H3/q+1. The second-order valence-corrected chi connectivity index (χ2v) is 4.16. The van der Waals surface area contributed by atoms with Crippen LogP contribution in [0.4, 0.5) is 0 Å². The van der Waals surface area contributed by atoms with E-state index < -0.39 is 0 Å². The minimum Gasteiger partial charge on any atom is -0.493 e. The molecule has 0 aliphatic rings. The number of methoxy groups -OCH3 is 1. The monoisotopic (exact) mass is 270 g/mol. The van der Waals surface area contributed by atoms with E-state index in [9.17, 15) is 0 Å². The lowest BCUT2D eigenvalue weighted by Gasteiger charge is -2.11.